The third kappa shape index (κ3) is 4.31. The summed E-state index contributed by atoms with van der Waals surface area (Å²) in [5.41, 5.74) is -0.0372. The Morgan fingerprint density at radius 2 is 1.43 bits per heavy atom. The Kier molecular flexibility index (Phi) is 8.22. The molecule has 1 aromatic rings. The van der Waals surface area contributed by atoms with Crippen molar-refractivity contribution in [1.29, 1.82) is 0 Å². The van der Waals surface area contributed by atoms with Crippen molar-refractivity contribution in [1.82, 2.24) is 0 Å². The van der Waals surface area contributed by atoms with Crippen LogP contribution in [0.5, 0.6) is 0 Å². The van der Waals surface area contributed by atoms with Crippen molar-refractivity contribution in [3.05, 3.63) is 35.4 Å². The number of carbonyl (C=O) groups is 2. The van der Waals surface area contributed by atoms with E-state index in [1.807, 2.05) is 0 Å². The van der Waals surface area contributed by atoms with Gasteiger partial charge in [0.15, 0.2) is 0 Å². The van der Waals surface area contributed by atoms with Crippen molar-refractivity contribution in [2.24, 2.45) is 0 Å². The Labute approximate surface area is 124 Å². The van der Waals surface area contributed by atoms with Crippen LogP contribution in [-0.4, -0.2) is 27.6 Å². The SMILES string of the molecule is O.O=C(O)c1cccc(C(=O)O)c1.[H-].[K+]. The fourth-order valence-corrected chi connectivity index (χ4v) is 0.785. The summed E-state index contributed by atoms with van der Waals surface area (Å²) < 4.78 is 0. The van der Waals surface area contributed by atoms with Crippen molar-refractivity contribution in [2.75, 3.05) is 0 Å². The second kappa shape index (κ2) is 7.10. The fourth-order valence-electron chi connectivity index (χ4n) is 0.785. The maximum absolute atomic E-state index is 10.4. The van der Waals surface area contributed by atoms with Gasteiger partial charge in [0.25, 0.3) is 0 Å². The van der Waals surface area contributed by atoms with Crippen LogP contribution in [-0.2, 0) is 0 Å². The molecule has 6 heteroatoms. The molecule has 0 radical (unpaired) electrons. The first-order valence-electron chi connectivity index (χ1n) is 3.18. The molecule has 0 fully saturated rings. The normalized spacial score (nSPS) is 8.00. The topological polar surface area (TPSA) is 106 Å². The molecule has 72 valence electrons. The summed E-state index contributed by atoms with van der Waals surface area (Å²) in [7, 11) is 0. The number of benzene rings is 1. The van der Waals surface area contributed by atoms with Crippen LogP contribution in [0.1, 0.15) is 22.1 Å². The number of hydrogen-bond donors (Lipinski definition) is 2. The zero-order valence-electron chi connectivity index (χ0n) is 8.52. The largest absolute Gasteiger partial charge is 1.00 e. The molecular formula is C8H9KO5. The minimum Gasteiger partial charge on any atom is -1.00 e. The quantitative estimate of drug-likeness (QED) is 0.536. The smallest absolute Gasteiger partial charge is 1.00 e. The third-order valence-electron chi connectivity index (χ3n) is 1.36. The fraction of sp³-hybridized carbons (Fsp3) is 0. The van der Waals surface area contributed by atoms with Crippen LogP contribution in [0.3, 0.4) is 0 Å². The predicted octanol–water partition coefficient (Wildman–Crippen LogP) is -2.63. The Bertz CT molecular complexity index is 312. The molecule has 14 heavy (non-hydrogen) atoms. The van der Waals surface area contributed by atoms with Gasteiger partial charge in [0.1, 0.15) is 0 Å². The Balaban J connectivity index is -0.000000480. The first-order valence-corrected chi connectivity index (χ1v) is 3.18. The molecule has 4 N–H and O–H groups in total. The zero-order valence-corrected chi connectivity index (χ0v) is 10.6. The van der Waals surface area contributed by atoms with Gasteiger partial charge in [-0.25, -0.2) is 9.59 Å². The van der Waals surface area contributed by atoms with Gasteiger partial charge in [-0.3, -0.25) is 0 Å². The molecule has 1 aromatic carbocycles. The first kappa shape index (κ1) is 16.2. The van der Waals surface area contributed by atoms with Gasteiger partial charge in [0.05, 0.1) is 11.1 Å². The van der Waals surface area contributed by atoms with Crippen LogP contribution < -0.4 is 51.4 Å². The van der Waals surface area contributed by atoms with E-state index in [2.05, 4.69) is 0 Å². The van der Waals surface area contributed by atoms with Crippen LogP contribution in [0.4, 0.5) is 0 Å². The summed E-state index contributed by atoms with van der Waals surface area (Å²) >= 11 is 0. The van der Waals surface area contributed by atoms with Gasteiger partial charge in [-0.1, -0.05) is 6.07 Å². The first-order chi connectivity index (χ1) is 5.61. The van der Waals surface area contributed by atoms with E-state index in [1.165, 1.54) is 18.2 Å². The van der Waals surface area contributed by atoms with Crippen LogP contribution in [0.2, 0.25) is 0 Å². The van der Waals surface area contributed by atoms with Crippen molar-refractivity contribution in [2.45, 2.75) is 0 Å². The van der Waals surface area contributed by atoms with Crippen molar-refractivity contribution in [3.8, 4) is 0 Å². The summed E-state index contributed by atoms with van der Waals surface area (Å²) in [6.45, 7) is 0. The maximum atomic E-state index is 10.4. The molecule has 0 saturated heterocycles. The molecule has 1 rings (SSSR count). The molecule has 0 spiro atoms. The molecule has 0 bridgehead atoms. The van der Waals surface area contributed by atoms with Gasteiger partial charge < -0.3 is 17.1 Å². The predicted molar refractivity (Wildman–Crippen MR) is 45.1 cm³/mol. The van der Waals surface area contributed by atoms with E-state index in [0.29, 0.717) is 0 Å². The molecule has 0 saturated carbocycles. The second-order valence-corrected chi connectivity index (χ2v) is 2.19. The number of aromatic carboxylic acids is 2. The van der Waals surface area contributed by atoms with Gasteiger partial charge in [-0.15, -0.1) is 0 Å². The van der Waals surface area contributed by atoms with Gasteiger partial charge in [-0.2, -0.15) is 0 Å². The maximum Gasteiger partial charge on any atom is 1.00 e. The summed E-state index contributed by atoms with van der Waals surface area (Å²) in [4.78, 5) is 20.8. The Morgan fingerprint density at radius 1 is 1.07 bits per heavy atom. The molecule has 0 unspecified atom stereocenters. The van der Waals surface area contributed by atoms with E-state index >= 15 is 0 Å². The van der Waals surface area contributed by atoms with E-state index in [-0.39, 0.29) is 69.4 Å². The number of carboxylic acid groups (broad SMARTS) is 2. The molecule has 0 aliphatic rings. The summed E-state index contributed by atoms with van der Waals surface area (Å²) in [6.07, 6.45) is 0. The van der Waals surface area contributed by atoms with Crippen LogP contribution in [0.25, 0.3) is 0 Å². The van der Waals surface area contributed by atoms with E-state index in [4.69, 9.17) is 10.2 Å². The zero-order chi connectivity index (χ0) is 9.14. The summed E-state index contributed by atoms with van der Waals surface area (Å²) in [6, 6.07) is 5.20. The molecule has 0 amide bonds. The molecule has 5 nitrogen and oxygen atoms in total. The Hall–Kier alpha value is -0.244. The minimum absolute atomic E-state index is 0. The third-order valence-corrected chi connectivity index (χ3v) is 1.36. The van der Waals surface area contributed by atoms with Crippen LogP contribution in [0.15, 0.2) is 24.3 Å². The molecular weight excluding hydrogens is 215 g/mol. The molecule has 0 heterocycles. The van der Waals surface area contributed by atoms with Crippen LogP contribution >= 0.6 is 0 Å². The van der Waals surface area contributed by atoms with Gasteiger partial charge in [-0.05, 0) is 18.2 Å². The molecule has 0 aromatic heterocycles. The minimum atomic E-state index is -1.13. The van der Waals surface area contributed by atoms with E-state index in [1.54, 1.807) is 0 Å². The van der Waals surface area contributed by atoms with E-state index in [0.717, 1.165) is 6.07 Å². The van der Waals surface area contributed by atoms with Gasteiger partial charge in [0.2, 0.25) is 0 Å². The van der Waals surface area contributed by atoms with Crippen molar-refractivity contribution in [3.63, 3.8) is 0 Å². The monoisotopic (exact) mass is 224 g/mol. The van der Waals surface area contributed by atoms with Crippen molar-refractivity contribution >= 4 is 11.9 Å². The Morgan fingerprint density at radius 3 is 1.71 bits per heavy atom. The standard InChI is InChI=1S/C8H6O4.K.H2O.H/c9-7(10)5-2-1-3-6(4-5)8(11)12;;;/h1-4H,(H,9,10)(H,11,12);;1H2;/q;+1;;-1. The molecule has 0 atom stereocenters. The summed E-state index contributed by atoms with van der Waals surface area (Å²) in [5.74, 6) is -2.25. The average Bonchev–Trinajstić information content (AvgIpc) is 2.04. The van der Waals surface area contributed by atoms with Crippen molar-refractivity contribution < 1.29 is 78.1 Å². The van der Waals surface area contributed by atoms with Gasteiger partial charge >= 0.3 is 63.3 Å². The second-order valence-electron chi connectivity index (χ2n) is 2.19. The molecule has 0 aliphatic carbocycles. The number of carboxylic acids is 2. The van der Waals surface area contributed by atoms with Gasteiger partial charge in [0, 0.05) is 0 Å². The summed E-state index contributed by atoms with van der Waals surface area (Å²) in [5, 5.41) is 17.0. The van der Waals surface area contributed by atoms with E-state index < -0.39 is 11.9 Å². The van der Waals surface area contributed by atoms with E-state index in [9.17, 15) is 9.59 Å². The number of hydrogen-bond acceptors (Lipinski definition) is 2. The molecule has 0 aliphatic heterocycles. The van der Waals surface area contributed by atoms with Crippen LogP contribution in [0, 0.1) is 0 Å². The number of rotatable bonds is 2. The average molecular weight is 224 g/mol.